The van der Waals surface area contributed by atoms with Crippen LogP contribution in [-0.4, -0.2) is 43.7 Å². The van der Waals surface area contributed by atoms with E-state index in [0.717, 1.165) is 31.7 Å². The maximum Gasteiger partial charge on any atom is 0.337 e. The molecule has 0 amide bonds. The molecule has 0 radical (unpaired) electrons. The lowest BCUT2D eigenvalue weighted by molar-refractivity contribution is 0.0600. The second kappa shape index (κ2) is 7.84. The molecule has 1 aliphatic heterocycles. The van der Waals surface area contributed by atoms with E-state index in [1.165, 1.54) is 7.11 Å². The Kier molecular flexibility index (Phi) is 6.76. The van der Waals surface area contributed by atoms with E-state index in [9.17, 15) is 4.79 Å². The van der Waals surface area contributed by atoms with Crippen LogP contribution in [0.2, 0.25) is 5.02 Å². The summed E-state index contributed by atoms with van der Waals surface area (Å²) in [6.07, 6.45) is 0. The molecule has 0 aliphatic carbocycles. The van der Waals surface area contributed by atoms with Crippen LogP contribution in [0.4, 0.5) is 0 Å². The molecule has 1 fully saturated rings. The zero-order valence-corrected chi connectivity index (χ0v) is 13.3. The highest BCUT2D eigenvalue weighted by atomic mass is 35.5. The fourth-order valence-electron chi connectivity index (χ4n) is 2.34. The van der Waals surface area contributed by atoms with Gasteiger partial charge in [0.15, 0.2) is 0 Å². The molecule has 0 saturated carbocycles. The number of benzene rings is 1. The number of piperazine rings is 1. The van der Waals surface area contributed by atoms with Gasteiger partial charge in [0.25, 0.3) is 0 Å². The SMILES string of the molecule is COC(=O)c1ccc(Cl)c(CN2CCNC(C)C2)c1.Cl. The van der Waals surface area contributed by atoms with Crippen molar-refractivity contribution in [2.45, 2.75) is 19.5 Å². The van der Waals surface area contributed by atoms with Gasteiger partial charge in [0.05, 0.1) is 12.7 Å². The number of carbonyl (C=O) groups excluding carboxylic acids is 1. The van der Waals surface area contributed by atoms with Crippen molar-refractivity contribution in [3.63, 3.8) is 0 Å². The standard InChI is InChI=1S/C14H19ClN2O2.ClH/c1-10-8-17(6-5-16-10)9-12-7-11(14(18)19-2)3-4-13(12)15;/h3-4,7,10,16H,5-6,8-9H2,1-2H3;1H. The molecule has 1 saturated heterocycles. The van der Waals surface area contributed by atoms with Crippen LogP contribution in [0.1, 0.15) is 22.8 Å². The van der Waals surface area contributed by atoms with E-state index in [1.807, 2.05) is 6.07 Å². The minimum atomic E-state index is -0.327. The van der Waals surface area contributed by atoms with Crippen LogP contribution in [0, 0.1) is 0 Å². The minimum absolute atomic E-state index is 0. The summed E-state index contributed by atoms with van der Waals surface area (Å²) >= 11 is 6.21. The molecule has 20 heavy (non-hydrogen) atoms. The number of ether oxygens (including phenoxy) is 1. The Bertz CT molecular complexity index is 468. The molecule has 0 bridgehead atoms. The summed E-state index contributed by atoms with van der Waals surface area (Å²) in [5.41, 5.74) is 1.52. The van der Waals surface area contributed by atoms with E-state index in [4.69, 9.17) is 16.3 Å². The highest BCUT2D eigenvalue weighted by molar-refractivity contribution is 6.31. The molecule has 1 aromatic carbocycles. The van der Waals surface area contributed by atoms with E-state index < -0.39 is 0 Å². The van der Waals surface area contributed by atoms with Crippen molar-refractivity contribution in [1.82, 2.24) is 10.2 Å². The number of methoxy groups -OCH3 is 1. The quantitative estimate of drug-likeness (QED) is 0.869. The summed E-state index contributed by atoms with van der Waals surface area (Å²) in [6.45, 7) is 5.88. The Hall–Kier alpha value is -0.810. The molecule has 1 N–H and O–H groups in total. The van der Waals surface area contributed by atoms with E-state index >= 15 is 0 Å². The number of hydrogen-bond acceptors (Lipinski definition) is 4. The first-order valence-electron chi connectivity index (χ1n) is 6.42. The van der Waals surface area contributed by atoms with Gasteiger partial charge in [0, 0.05) is 37.2 Å². The van der Waals surface area contributed by atoms with E-state index in [1.54, 1.807) is 12.1 Å². The molecule has 0 aromatic heterocycles. The molecule has 1 heterocycles. The summed E-state index contributed by atoms with van der Waals surface area (Å²) < 4.78 is 4.73. The molecule has 1 aliphatic rings. The fourth-order valence-corrected chi connectivity index (χ4v) is 2.51. The van der Waals surface area contributed by atoms with Gasteiger partial charge in [-0.05, 0) is 30.7 Å². The van der Waals surface area contributed by atoms with Crippen LogP contribution in [0.25, 0.3) is 0 Å². The third kappa shape index (κ3) is 4.35. The van der Waals surface area contributed by atoms with Crippen LogP contribution in [0.3, 0.4) is 0 Å². The molecular formula is C14H20Cl2N2O2. The summed E-state index contributed by atoms with van der Waals surface area (Å²) in [4.78, 5) is 13.9. The first-order chi connectivity index (χ1) is 9.10. The van der Waals surface area contributed by atoms with E-state index in [-0.39, 0.29) is 18.4 Å². The van der Waals surface area contributed by atoms with E-state index in [2.05, 4.69) is 17.1 Å². The number of nitrogens with zero attached hydrogens (tertiary/aromatic N) is 1. The van der Waals surface area contributed by atoms with Crippen molar-refractivity contribution in [2.75, 3.05) is 26.7 Å². The van der Waals surface area contributed by atoms with Crippen LogP contribution in [-0.2, 0) is 11.3 Å². The lowest BCUT2D eigenvalue weighted by Gasteiger charge is -2.32. The zero-order chi connectivity index (χ0) is 13.8. The maximum absolute atomic E-state index is 11.5. The Morgan fingerprint density at radius 2 is 2.30 bits per heavy atom. The Labute approximate surface area is 130 Å². The second-order valence-electron chi connectivity index (χ2n) is 4.89. The summed E-state index contributed by atoms with van der Waals surface area (Å²) in [7, 11) is 1.38. The van der Waals surface area contributed by atoms with Gasteiger partial charge >= 0.3 is 5.97 Å². The lowest BCUT2D eigenvalue weighted by atomic mass is 10.1. The van der Waals surface area contributed by atoms with Gasteiger partial charge in [0.1, 0.15) is 0 Å². The first kappa shape index (κ1) is 17.2. The highest BCUT2D eigenvalue weighted by Gasteiger charge is 2.17. The Morgan fingerprint density at radius 3 is 2.95 bits per heavy atom. The lowest BCUT2D eigenvalue weighted by Crippen LogP contribution is -2.48. The minimum Gasteiger partial charge on any atom is -0.465 e. The normalized spacial score (nSPS) is 19.2. The predicted molar refractivity (Wildman–Crippen MR) is 82.8 cm³/mol. The number of hydrogen-bond donors (Lipinski definition) is 1. The molecular weight excluding hydrogens is 299 g/mol. The molecule has 1 aromatic rings. The third-order valence-electron chi connectivity index (χ3n) is 3.31. The van der Waals surface area contributed by atoms with Gasteiger partial charge in [-0.3, -0.25) is 4.90 Å². The topological polar surface area (TPSA) is 41.6 Å². The Balaban J connectivity index is 0.00000200. The van der Waals surface area contributed by atoms with Crippen molar-refractivity contribution >= 4 is 30.0 Å². The van der Waals surface area contributed by atoms with Crippen LogP contribution in [0.15, 0.2) is 18.2 Å². The Morgan fingerprint density at radius 1 is 1.55 bits per heavy atom. The van der Waals surface area contributed by atoms with Crippen molar-refractivity contribution in [1.29, 1.82) is 0 Å². The molecule has 1 atom stereocenters. The number of esters is 1. The van der Waals surface area contributed by atoms with Gasteiger partial charge in [-0.15, -0.1) is 12.4 Å². The fraction of sp³-hybridized carbons (Fsp3) is 0.500. The molecule has 4 nitrogen and oxygen atoms in total. The monoisotopic (exact) mass is 318 g/mol. The van der Waals surface area contributed by atoms with E-state index in [0.29, 0.717) is 16.6 Å². The number of carbonyl (C=O) groups is 1. The van der Waals surface area contributed by atoms with Crippen LogP contribution >= 0.6 is 24.0 Å². The molecule has 1 unspecified atom stereocenters. The van der Waals surface area contributed by atoms with Gasteiger partial charge in [-0.1, -0.05) is 11.6 Å². The predicted octanol–water partition coefficient (Wildman–Crippen LogP) is 2.34. The van der Waals surface area contributed by atoms with Crippen LogP contribution in [0.5, 0.6) is 0 Å². The zero-order valence-electron chi connectivity index (χ0n) is 11.7. The summed E-state index contributed by atoms with van der Waals surface area (Å²) in [5.74, 6) is -0.327. The molecule has 0 spiro atoms. The van der Waals surface area contributed by atoms with Crippen molar-refractivity contribution in [2.24, 2.45) is 0 Å². The molecule has 2 rings (SSSR count). The van der Waals surface area contributed by atoms with Crippen molar-refractivity contribution in [3.8, 4) is 0 Å². The number of nitrogens with one attached hydrogen (secondary N) is 1. The van der Waals surface area contributed by atoms with Crippen molar-refractivity contribution in [3.05, 3.63) is 34.3 Å². The van der Waals surface area contributed by atoms with Crippen LogP contribution < -0.4 is 5.32 Å². The summed E-state index contributed by atoms with van der Waals surface area (Å²) in [5, 5.41) is 4.10. The third-order valence-corrected chi connectivity index (χ3v) is 3.68. The number of halogens is 2. The first-order valence-corrected chi connectivity index (χ1v) is 6.80. The van der Waals surface area contributed by atoms with Gasteiger partial charge in [0.2, 0.25) is 0 Å². The maximum atomic E-state index is 11.5. The van der Waals surface area contributed by atoms with Gasteiger partial charge < -0.3 is 10.1 Å². The second-order valence-corrected chi connectivity index (χ2v) is 5.30. The largest absolute Gasteiger partial charge is 0.465 e. The average molecular weight is 319 g/mol. The van der Waals surface area contributed by atoms with Gasteiger partial charge in [-0.25, -0.2) is 4.79 Å². The molecule has 112 valence electrons. The molecule has 6 heteroatoms. The highest BCUT2D eigenvalue weighted by Crippen LogP contribution is 2.20. The van der Waals surface area contributed by atoms with Gasteiger partial charge in [-0.2, -0.15) is 0 Å². The number of rotatable bonds is 3. The average Bonchev–Trinajstić information content (AvgIpc) is 2.40. The summed E-state index contributed by atoms with van der Waals surface area (Å²) in [6, 6.07) is 5.75. The smallest absolute Gasteiger partial charge is 0.337 e. The van der Waals surface area contributed by atoms with Crippen molar-refractivity contribution < 1.29 is 9.53 Å².